The van der Waals surface area contributed by atoms with Crippen molar-refractivity contribution in [1.82, 2.24) is 25.1 Å². The molecule has 0 bridgehead atoms. The van der Waals surface area contributed by atoms with E-state index < -0.39 is 6.17 Å². The molecule has 0 aromatic carbocycles. The van der Waals surface area contributed by atoms with E-state index in [-0.39, 0.29) is 18.5 Å². The third-order valence-electron chi connectivity index (χ3n) is 5.76. The van der Waals surface area contributed by atoms with Crippen molar-refractivity contribution in [3.8, 4) is 6.07 Å². The Bertz CT molecular complexity index is 731. The van der Waals surface area contributed by atoms with Crippen LogP contribution in [0.15, 0.2) is 12.4 Å². The molecule has 1 aromatic heterocycles. The minimum atomic E-state index is -0.876. The van der Waals surface area contributed by atoms with Gasteiger partial charge < -0.3 is 15.1 Å². The minimum absolute atomic E-state index is 0.0366. The molecule has 1 amide bonds. The van der Waals surface area contributed by atoms with Crippen molar-refractivity contribution in [2.24, 2.45) is 0 Å². The molecule has 4 rings (SSSR count). The SMILES string of the molecule is N#Cc1nccnc1N1CCN([C@@H]2CN[C@H](C(=O)N3CC[C@H](F)C3)C2)CC1. The number of likely N-dealkylation sites (tertiary alicyclic amines) is 1. The zero-order valence-corrected chi connectivity index (χ0v) is 15.2. The number of carbonyl (C=O) groups is 1. The second-order valence-electron chi connectivity index (χ2n) is 7.38. The van der Waals surface area contributed by atoms with Gasteiger partial charge in [-0.3, -0.25) is 9.69 Å². The largest absolute Gasteiger partial charge is 0.352 e. The lowest BCUT2D eigenvalue weighted by Crippen LogP contribution is -2.51. The van der Waals surface area contributed by atoms with Crippen molar-refractivity contribution >= 4 is 11.7 Å². The summed E-state index contributed by atoms with van der Waals surface area (Å²) < 4.78 is 13.4. The lowest BCUT2D eigenvalue weighted by molar-refractivity contribution is -0.132. The van der Waals surface area contributed by atoms with Crippen LogP contribution in [0.3, 0.4) is 0 Å². The first-order valence-electron chi connectivity index (χ1n) is 9.52. The fraction of sp³-hybridized carbons (Fsp3) is 0.667. The number of nitriles is 1. The smallest absolute Gasteiger partial charge is 0.239 e. The van der Waals surface area contributed by atoms with E-state index in [1.54, 1.807) is 11.1 Å². The van der Waals surface area contributed by atoms with Crippen molar-refractivity contribution in [3.63, 3.8) is 0 Å². The Morgan fingerprint density at radius 1 is 1.22 bits per heavy atom. The van der Waals surface area contributed by atoms with Crippen LogP contribution < -0.4 is 10.2 Å². The molecule has 3 aliphatic rings. The molecule has 3 aliphatic heterocycles. The van der Waals surface area contributed by atoms with Crippen LogP contribution in [0.5, 0.6) is 0 Å². The summed E-state index contributed by atoms with van der Waals surface area (Å²) in [5.41, 5.74) is 0.357. The number of aromatic nitrogens is 2. The Labute approximate surface area is 158 Å². The predicted octanol–water partition coefficient (Wildman–Crippen LogP) is -0.229. The molecule has 27 heavy (non-hydrogen) atoms. The number of nitrogens with zero attached hydrogens (tertiary/aromatic N) is 6. The summed E-state index contributed by atoms with van der Waals surface area (Å²) >= 11 is 0. The van der Waals surface area contributed by atoms with Gasteiger partial charge in [-0.25, -0.2) is 14.4 Å². The summed E-state index contributed by atoms with van der Waals surface area (Å²) in [6, 6.07) is 2.20. The molecule has 3 fully saturated rings. The number of piperazine rings is 1. The van der Waals surface area contributed by atoms with Crippen molar-refractivity contribution < 1.29 is 9.18 Å². The van der Waals surface area contributed by atoms with Gasteiger partial charge in [0, 0.05) is 57.7 Å². The number of nitrogens with one attached hydrogen (secondary N) is 1. The fourth-order valence-corrected chi connectivity index (χ4v) is 4.26. The van der Waals surface area contributed by atoms with Crippen molar-refractivity contribution in [2.45, 2.75) is 31.1 Å². The molecule has 4 heterocycles. The summed E-state index contributed by atoms with van der Waals surface area (Å²) in [4.78, 5) is 27.1. The Hall–Kier alpha value is -2.31. The number of carbonyl (C=O) groups excluding carboxylic acids is 1. The molecule has 9 heteroatoms. The monoisotopic (exact) mass is 373 g/mol. The Kier molecular flexibility index (Phi) is 5.18. The highest BCUT2D eigenvalue weighted by molar-refractivity contribution is 5.82. The van der Waals surface area contributed by atoms with E-state index in [0.29, 0.717) is 30.5 Å². The number of hydrogen-bond donors (Lipinski definition) is 1. The number of amides is 1. The van der Waals surface area contributed by atoms with E-state index in [1.165, 1.54) is 6.20 Å². The number of alkyl halides is 1. The maximum atomic E-state index is 13.4. The van der Waals surface area contributed by atoms with Gasteiger partial charge in [-0.2, -0.15) is 5.26 Å². The molecule has 0 spiro atoms. The normalized spacial score (nSPS) is 29.1. The molecule has 0 unspecified atom stereocenters. The van der Waals surface area contributed by atoms with Gasteiger partial charge >= 0.3 is 0 Å². The summed E-state index contributed by atoms with van der Waals surface area (Å²) in [6.07, 6.45) is 3.49. The first-order valence-corrected chi connectivity index (χ1v) is 9.52. The molecule has 0 radical (unpaired) electrons. The van der Waals surface area contributed by atoms with Crippen LogP contribution in [-0.4, -0.2) is 89.7 Å². The van der Waals surface area contributed by atoms with Crippen LogP contribution in [-0.2, 0) is 4.79 Å². The third-order valence-corrected chi connectivity index (χ3v) is 5.76. The maximum absolute atomic E-state index is 13.4. The predicted molar refractivity (Wildman–Crippen MR) is 96.8 cm³/mol. The third kappa shape index (κ3) is 3.73. The van der Waals surface area contributed by atoms with E-state index >= 15 is 0 Å². The molecular weight excluding hydrogens is 349 g/mol. The average Bonchev–Trinajstić information content (AvgIpc) is 3.37. The van der Waals surface area contributed by atoms with E-state index in [4.69, 9.17) is 0 Å². The van der Waals surface area contributed by atoms with Crippen LogP contribution in [0, 0.1) is 11.3 Å². The number of anilines is 1. The Morgan fingerprint density at radius 2 is 2.00 bits per heavy atom. The molecule has 0 aliphatic carbocycles. The van der Waals surface area contributed by atoms with E-state index in [9.17, 15) is 14.4 Å². The van der Waals surface area contributed by atoms with Gasteiger partial charge in [-0.15, -0.1) is 0 Å². The topological polar surface area (TPSA) is 88.4 Å². The van der Waals surface area contributed by atoms with E-state index in [2.05, 4.69) is 31.2 Å². The second kappa shape index (κ2) is 7.74. The number of hydrogen-bond acceptors (Lipinski definition) is 7. The van der Waals surface area contributed by atoms with Gasteiger partial charge in [-0.1, -0.05) is 0 Å². The van der Waals surface area contributed by atoms with Crippen molar-refractivity contribution in [2.75, 3.05) is 50.7 Å². The van der Waals surface area contributed by atoms with Gasteiger partial charge in [0.25, 0.3) is 0 Å². The second-order valence-corrected chi connectivity index (χ2v) is 7.38. The zero-order valence-electron chi connectivity index (χ0n) is 15.2. The summed E-state index contributed by atoms with van der Waals surface area (Å²) in [7, 11) is 0. The van der Waals surface area contributed by atoms with Gasteiger partial charge in [0.15, 0.2) is 11.5 Å². The quantitative estimate of drug-likeness (QED) is 0.783. The van der Waals surface area contributed by atoms with E-state index in [1.807, 2.05) is 0 Å². The first kappa shape index (κ1) is 18.1. The Morgan fingerprint density at radius 3 is 2.70 bits per heavy atom. The molecule has 3 atom stereocenters. The van der Waals surface area contributed by atoms with Crippen molar-refractivity contribution in [3.05, 3.63) is 18.1 Å². The van der Waals surface area contributed by atoms with Gasteiger partial charge in [0.05, 0.1) is 12.6 Å². The van der Waals surface area contributed by atoms with Crippen LogP contribution in [0.2, 0.25) is 0 Å². The summed E-state index contributed by atoms with van der Waals surface area (Å²) in [5.74, 6) is 0.682. The minimum Gasteiger partial charge on any atom is -0.352 e. The number of halogens is 1. The van der Waals surface area contributed by atoms with Crippen LogP contribution in [0.1, 0.15) is 18.5 Å². The maximum Gasteiger partial charge on any atom is 0.239 e. The van der Waals surface area contributed by atoms with Crippen LogP contribution in [0.25, 0.3) is 0 Å². The molecule has 3 saturated heterocycles. The van der Waals surface area contributed by atoms with E-state index in [0.717, 1.165) is 39.1 Å². The van der Waals surface area contributed by atoms with Crippen LogP contribution in [0.4, 0.5) is 10.2 Å². The molecule has 1 N–H and O–H groups in total. The molecule has 0 saturated carbocycles. The fourth-order valence-electron chi connectivity index (χ4n) is 4.26. The summed E-state index contributed by atoms with van der Waals surface area (Å²) in [5, 5.41) is 12.5. The standard InChI is InChI=1S/C18H24FN7O/c19-13-1-4-26(12-13)18(27)15-9-14(11-23-15)24-5-7-25(8-6-24)17-16(10-20)21-2-3-22-17/h2-3,13-15,23H,1,4-9,11-12H2/t13-,14-,15-/m0/s1. The molecular formula is C18H24FN7O. The summed E-state index contributed by atoms with van der Waals surface area (Å²) in [6.45, 7) is 4.80. The zero-order chi connectivity index (χ0) is 18.8. The lowest BCUT2D eigenvalue weighted by atomic mass is 10.1. The van der Waals surface area contributed by atoms with Crippen molar-refractivity contribution in [1.29, 1.82) is 5.26 Å². The highest BCUT2D eigenvalue weighted by Gasteiger charge is 2.38. The number of rotatable bonds is 3. The Balaban J connectivity index is 1.30. The molecule has 144 valence electrons. The van der Waals surface area contributed by atoms with Gasteiger partial charge in [-0.05, 0) is 12.8 Å². The van der Waals surface area contributed by atoms with Gasteiger partial charge in [0.1, 0.15) is 12.2 Å². The lowest BCUT2D eigenvalue weighted by Gasteiger charge is -2.38. The highest BCUT2D eigenvalue weighted by atomic mass is 19.1. The van der Waals surface area contributed by atoms with Gasteiger partial charge in [0.2, 0.25) is 5.91 Å². The highest BCUT2D eigenvalue weighted by Crippen LogP contribution is 2.22. The van der Waals surface area contributed by atoms with Crippen LogP contribution >= 0.6 is 0 Å². The average molecular weight is 373 g/mol. The molecule has 8 nitrogen and oxygen atoms in total. The molecule has 1 aromatic rings. The first-order chi connectivity index (χ1) is 13.2.